The monoisotopic (exact) mass is 388 g/mol. The summed E-state index contributed by atoms with van der Waals surface area (Å²) in [6.07, 6.45) is 1.23. The van der Waals surface area contributed by atoms with E-state index in [9.17, 15) is 14.4 Å². The zero-order chi connectivity index (χ0) is 19.9. The lowest BCUT2D eigenvalue weighted by molar-refractivity contribution is -0.147. The SMILES string of the molecule is O=C(O)CC1COCCN1C(=O)COc1cccc(NC(=O)c2ccco2)c1. The average Bonchev–Trinajstić information content (AvgIpc) is 3.21. The smallest absolute Gasteiger partial charge is 0.305 e. The molecule has 1 saturated heterocycles. The summed E-state index contributed by atoms with van der Waals surface area (Å²) in [6.45, 7) is 0.619. The van der Waals surface area contributed by atoms with E-state index in [0.717, 1.165) is 0 Å². The normalized spacial score (nSPS) is 16.4. The number of rotatable bonds is 7. The van der Waals surface area contributed by atoms with Crippen LogP contribution in [0.4, 0.5) is 5.69 Å². The summed E-state index contributed by atoms with van der Waals surface area (Å²) in [7, 11) is 0. The summed E-state index contributed by atoms with van der Waals surface area (Å²) in [5.74, 6) is -1.14. The first-order valence-electron chi connectivity index (χ1n) is 8.69. The van der Waals surface area contributed by atoms with E-state index in [1.54, 1.807) is 36.4 Å². The standard InChI is InChI=1S/C19H20N2O7/c22-17(21-6-8-26-11-14(21)10-18(23)24)12-28-15-4-1-3-13(9-15)20-19(25)16-5-2-7-27-16/h1-5,7,9,14H,6,8,10-12H2,(H,20,25)(H,23,24). The predicted octanol–water partition coefficient (Wildman–Crippen LogP) is 1.61. The predicted molar refractivity (Wildman–Crippen MR) is 97.2 cm³/mol. The Morgan fingerprint density at radius 1 is 1.25 bits per heavy atom. The third-order valence-electron chi connectivity index (χ3n) is 4.16. The molecule has 2 amide bonds. The second-order valence-corrected chi connectivity index (χ2v) is 6.16. The van der Waals surface area contributed by atoms with Crippen molar-refractivity contribution in [2.75, 3.05) is 31.7 Å². The molecule has 0 aliphatic carbocycles. The molecule has 1 unspecified atom stereocenters. The largest absolute Gasteiger partial charge is 0.484 e. The van der Waals surface area contributed by atoms with Crippen molar-refractivity contribution >= 4 is 23.5 Å². The van der Waals surface area contributed by atoms with Gasteiger partial charge < -0.3 is 29.2 Å². The second-order valence-electron chi connectivity index (χ2n) is 6.16. The molecule has 3 rings (SSSR count). The first-order valence-corrected chi connectivity index (χ1v) is 8.69. The topological polar surface area (TPSA) is 118 Å². The van der Waals surface area contributed by atoms with Gasteiger partial charge in [-0.3, -0.25) is 14.4 Å². The number of aliphatic carboxylic acids is 1. The van der Waals surface area contributed by atoms with Crippen molar-refractivity contribution in [3.05, 3.63) is 48.4 Å². The fraction of sp³-hybridized carbons (Fsp3) is 0.316. The molecule has 1 fully saturated rings. The van der Waals surface area contributed by atoms with Crippen LogP contribution in [0.3, 0.4) is 0 Å². The van der Waals surface area contributed by atoms with Gasteiger partial charge in [0, 0.05) is 18.3 Å². The molecule has 1 aliphatic heterocycles. The summed E-state index contributed by atoms with van der Waals surface area (Å²) in [6, 6.07) is 9.25. The molecule has 2 heterocycles. The van der Waals surface area contributed by atoms with Gasteiger partial charge in [-0.15, -0.1) is 0 Å². The highest BCUT2D eigenvalue weighted by atomic mass is 16.5. The Kier molecular flexibility index (Phi) is 6.28. The molecule has 0 radical (unpaired) electrons. The minimum absolute atomic E-state index is 0.179. The summed E-state index contributed by atoms with van der Waals surface area (Å²) >= 11 is 0. The molecule has 0 bridgehead atoms. The van der Waals surface area contributed by atoms with Gasteiger partial charge in [0.25, 0.3) is 11.8 Å². The molecule has 148 valence electrons. The number of carboxylic acid groups (broad SMARTS) is 1. The van der Waals surface area contributed by atoms with Crippen molar-refractivity contribution in [3.8, 4) is 5.75 Å². The maximum absolute atomic E-state index is 12.5. The number of hydrogen-bond acceptors (Lipinski definition) is 6. The third-order valence-corrected chi connectivity index (χ3v) is 4.16. The van der Waals surface area contributed by atoms with E-state index in [4.69, 9.17) is 19.0 Å². The molecule has 0 saturated carbocycles. The number of furan rings is 1. The van der Waals surface area contributed by atoms with E-state index in [-0.39, 0.29) is 31.3 Å². The zero-order valence-electron chi connectivity index (χ0n) is 15.0. The van der Waals surface area contributed by atoms with Crippen molar-refractivity contribution in [3.63, 3.8) is 0 Å². The number of carbonyl (C=O) groups is 3. The summed E-state index contributed by atoms with van der Waals surface area (Å²) < 4.78 is 15.8. The number of morpholine rings is 1. The molecule has 0 spiro atoms. The highest BCUT2D eigenvalue weighted by Crippen LogP contribution is 2.19. The molecule has 1 aromatic carbocycles. The first kappa shape index (κ1) is 19.4. The molecule has 1 aromatic heterocycles. The zero-order valence-corrected chi connectivity index (χ0v) is 15.0. The van der Waals surface area contributed by atoms with Crippen LogP contribution in [0.25, 0.3) is 0 Å². The highest BCUT2D eigenvalue weighted by molar-refractivity contribution is 6.02. The number of ether oxygens (including phenoxy) is 2. The van der Waals surface area contributed by atoms with E-state index in [2.05, 4.69) is 5.32 Å². The average molecular weight is 388 g/mol. The quantitative estimate of drug-likeness (QED) is 0.740. The number of carbonyl (C=O) groups excluding carboxylic acids is 2. The van der Waals surface area contributed by atoms with Crippen LogP contribution in [0.5, 0.6) is 5.75 Å². The van der Waals surface area contributed by atoms with Gasteiger partial charge in [0.1, 0.15) is 5.75 Å². The van der Waals surface area contributed by atoms with Crippen LogP contribution in [0.1, 0.15) is 17.0 Å². The van der Waals surface area contributed by atoms with Crippen LogP contribution >= 0.6 is 0 Å². The number of benzene rings is 1. The Morgan fingerprint density at radius 3 is 2.86 bits per heavy atom. The van der Waals surface area contributed by atoms with E-state index >= 15 is 0 Å². The Hall–Kier alpha value is -3.33. The van der Waals surface area contributed by atoms with E-state index < -0.39 is 17.9 Å². The molecule has 28 heavy (non-hydrogen) atoms. The van der Waals surface area contributed by atoms with Gasteiger partial charge in [-0.2, -0.15) is 0 Å². The Balaban J connectivity index is 1.57. The summed E-state index contributed by atoms with van der Waals surface area (Å²) in [5, 5.41) is 11.7. The molecule has 9 heteroatoms. The highest BCUT2D eigenvalue weighted by Gasteiger charge is 2.29. The van der Waals surface area contributed by atoms with E-state index in [1.165, 1.54) is 11.2 Å². The first-order chi connectivity index (χ1) is 13.5. The lowest BCUT2D eigenvalue weighted by atomic mass is 10.1. The Morgan fingerprint density at radius 2 is 2.11 bits per heavy atom. The number of nitrogens with one attached hydrogen (secondary N) is 1. The Labute approximate surface area is 160 Å². The van der Waals surface area contributed by atoms with Crippen LogP contribution in [-0.4, -0.2) is 60.2 Å². The number of hydrogen-bond donors (Lipinski definition) is 2. The van der Waals surface area contributed by atoms with Gasteiger partial charge in [-0.25, -0.2) is 0 Å². The van der Waals surface area contributed by atoms with E-state index in [1.807, 2.05) is 0 Å². The van der Waals surface area contributed by atoms with Crippen molar-refractivity contribution in [1.82, 2.24) is 4.90 Å². The molecular formula is C19H20N2O7. The molecule has 2 aromatic rings. The summed E-state index contributed by atoms with van der Waals surface area (Å²) in [4.78, 5) is 36.9. The molecular weight excluding hydrogens is 368 g/mol. The van der Waals surface area contributed by atoms with Gasteiger partial charge in [-0.05, 0) is 24.3 Å². The lowest BCUT2D eigenvalue weighted by Crippen LogP contribution is -2.51. The minimum atomic E-state index is -0.991. The van der Waals surface area contributed by atoms with E-state index in [0.29, 0.717) is 24.6 Å². The number of amides is 2. The van der Waals surface area contributed by atoms with Gasteiger partial charge in [0.2, 0.25) is 0 Å². The second kappa shape index (κ2) is 9.05. The van der Waals surface area contributed by atoms with Crippen LogP contribution in [-0.2, 0) is 14.3 Å². The van der Waals surface area contributed by atoms with Crippen LogP contribution in [0.15, 0.2) is 47.1 Å². The van der Waals surface area contributed by atoms with Crippen LogP contribution in [0, 0.1) is 0 Å². The summed E-state index contributed by atoms with van der Waals surface area (Å²) in [5.41, 5.74) is 0.487. The van der Waals surface area contributed by atoms with Crippen molar-refractivity contribution in [2.24, 2.45) is 0 Å². The Bertz CT molecular complexity index is 835. The van der Waals surface area contributed by atoms with Crippen molar-refractivity contribution in [1.29, 1.82) is 0 Å². The molecule has 9 nitrogen and oxygen atoms in total. The molecule has 1 aliphatic rings. The van der Waals surface area contributed by atoms with Gasteiger partial charge in [0.05, 0.1) is 31.9 Å². The fourth-order valence-electron chi connectivity index (χ4n) is 2.85. The van der Waals surface area contributed by atoms with Gasteiger partial charge in [0.15, 0.2) is 12.4 Å². The maximum Gasteiger partial charge on any atom is 0.305 e. The van der Waals surface area contributed by atoms with Crippen molar-refractivity contribution in [2.45, 2.75) is 12.5 Å². The molecule has 1 atom stereocenters. The number of anilines is 1. The lowest BCUT2D eigenvalue weighted by Gasteiger charge is -2.34. The fourth-order valence-corrected chi connectivity index (χ4v) is 2.85. The van der Waals surface area contributed by atoms with Crippen molar-refractivity contribution < 1.29 is 33.4 Å². The maximum atomic E-state index is 12.5. The number of nitrogens with zero attached hydrogens (tertiary/aromatic N) is 1. The van der Waals surface area contributed by atoms with Gasteiger partial charge in [-0.1, -0.05) is 6.07 Å². The minimum Gasteiger partial charge on any atom is -0.484 e. The number of carboxylic acids is 1. The van der Waals surface area contributed by atoms with Crippen LogP contribution in [0.2, 0.25) is 0 Å². The van der Waals surface area contributed by atoms with Crippen LogP contribution < -0.4 is 10.1 Å². The van der Waals surface area contributed by atoms with Gasteiger partial charge >= 0.3 is 5.97 Å². The molecule has 2 N–H and O–H groups in total. The third kappa shape index (κ3) is 5.10.